The number of aromatic nitrogens is 16. The molecule has 0 amide bonds. The molecule has 0 saturated heterocycles. The summed E-state index contributed by atoms with van der Waals surface area (Å²) in [6, 6.07) is 32.9. The first-order chi connectivity index (χ1) is 49.7. The van der Waals surface area contributed by atoms with Gasteiger partial charge in [-0.3, -0.25) is 0 Å². The lowest BCUT2D eigenvalue weighted by Crippen LogP contribution is -2.26. The van der Waals surface area contributed by atoms with Gasteiger partial charge in [-0.1, -0.05) is 96.0 Å². The number of hydrogen-bond acceptors (Lipinski definition) is 14. The number of carbonyl (C=O) groups excluding carboxylic acids is 2. The molecule has 0 saturated carbocycles. The largest absolute Gasteiger partial charge is 0.464 e. The fraction of sp³-hybridized carbons (Fsp3) is 0.476. The van der Waals surface area contributed by atoms with Crippen LogP contribution in [0.1, 0.15) is 233 Å². The van der Waals surface area contributed by atoms with Crippen molar-refractivity contribution in [3.05, 3.63) is 203 Å². The first kappa shape index (κ1) is 90.5. The number of nitriles is 2. The Bertz CT molecular complexity index is 4730. The molecule has 24 heteroatoms. The van der Waals surface area contributed by atoms with Gasteiger partial charge in [-0.05, 0) is 220 Å². The van der Waals surface area contributed by atoms with Crippen LogP contribution in [0.3, 0.4) is 0 Å². The summed E-state index contributed by atoms with van der Waals surface area (Å²) in [6.07, 6.45) is 14.2. The monoisotopic (exact) mass is 1510 g/mol. The fourth-order valence-corrected chi connectivity index (χ4v) is 11.8. The van der Waals surface area contributed by atoms with Crippen LogP contribution in [-0.2, 0) is 53.8 Å². The second-order valence-electron chi connectivity index (χ2n) is 33.8. The molecule has 582 valence electrons. The molecule has 0 aliphatic heterocycles. The van der Waals surface area contributed by atoms with Gasteiger partial charge in [-0.2, -0.15) is 10.5 Å². The number of nitrogens with zero attached hydrogens (tertiary/aromatic N) is 18. The molecule has 11 aromatic rings. The minimum atomic E-state index is -0.659. The zero-order valence-electron chi connectivity index (χ0n) is 70.1. The number of imidazole rings is 8. The summed E-state index contributed by atoms with van der Waals surface area (Å²) in [4.78, 5) is 56.7. The van der Waals surface area contributed by atoms with E-state index in [0.29, 0.717) is 16.0 Å². The number of carbonyl (C=O) groups is 2. The molecular formula is C84H118Cl2N18O4. The highest BCUT2D eigenvalue weighted by Gasteiger charge is 2.31. The highest BCUT2D eigenvalue weighted by Crippen LogP contribution is 2.35. The number of para-hydroxylation sites is 2. The number of aryl methyl sites for hydroxylation is 4. The van der Waals surface area contributed by atoms with Gasteiger partial charge in [-0.25, -0.2) is 49.5 Å². The van der Waals surface area contributed by atoms with Gasteiger partial charge in [-0.15, -0.1) is 0 Å². The Labute approximate surface area is 652 Å². The van der Waals surface area contributed by atoms with Gasteiger partial charge < -0.3 is 46.0 Å². The van der Waals surface area contributed by atoms with Crippen LogP contribution >= 0.6 is 23.2 Å². The number of esters is 2. The van der Waals surface area contributed by atoms with E-state index in [1.165, 1.54) is 55.0 Å². The van der Waals surface area contributed by atoms with E-state index in [2.05, 4.69) is 253 Å². The molecule has 8 aromatic heterocycles. The van der Waals surface area contributed by atoms with Gasteiger partial charge in [0, 0.05) is 79.2 Å². The summed E-state index contributed by atoms with van der Waals surface area (Å²) in [5, 5.41) is 18.3. The number of methoxy groups -OCH3 is 2. The average molecular weight is 1510 g/mol. The van der Waals surface area contributed by atoms with E-state index in [4.69, 9.17) is 38.7 Å². The summed E-state index contributed by atoms with van der Waals surface area (Å²) in [5.41, 5.74) is 12.1. The predicted octanol–water partition coefficient (Wildman–Crippen LogP) is 20.1. The lowest BCUT2D eigenvalue weighted by atomic mass is 10.0. The van der Waals surface area contributed by atoms with Gasteiger partial charge in [0.25, 0.3) is 0 Å². The normalized spacial score (nSPS) is 11.7. The third-order valence-corrected chi connectivity index (χ3v) is 17.5. The predicted molar refractivity (Wildman–Crippen MR) is 437 cm³/mol. The van der Waals surface area contributed by atoms with Crippen LogP contribution < -0.4 is 0 Å². The molecule has 0 bridgehead atoms. The van der Waals surface area contributed by atoms with Crippen LogP contribution in [0.2, 0.25) is 10.3 Å². The Morgan fingerprint density at radius 2 is 0.870 bits per heavy atom. The van der Waals surface area contributed by atoms with Gasteiger partial charge in [0.1, 0.15) is 28.9 Å². The molecule has 22 nitrogen and oxygen atoms in total. The van der Waals surface area contributed by atoms with Crippen LogP contribution in [0.5, 0.6) is 0 Å². The van der Waals surface area contributed by atoms with E-state index in [-0.39, 0.29) is 61.4 Å². The summed E-state index contributed by atoms with van der Waals surface area (Å²) in [5.74, 6) is 0.913. The SMILES string of the molecule is CC(C)(C)n1cnc(-c2ccccc2)c1-c1ccccc1.CC(C)(C)n1cnc(C#N)c1C#N.CC(C)(C)n1cnc(Cl)c1Cl.CC(C)(C)n1cnc2ccccc21.COC(=O)c1ncn(C(C)(C)C)c1C(=O)OC.Cc1nc(C)n(C(C)(C)C)c1C.Cc1nccn1C(C)(C)C.Cc1ncn(C(C)(C)C)c1C. The first-order valence-electron chi connectivity index (χ1n) is 35.9. The van der Waals surface area contributed by atoms with E-state index < -0.39 is 11.9 Å². The number of fused-ring (bicyclic) bond motifs is 1. The smallest absolute Gasteiger partial charge is 0.359 e. The third kappa shape index (κ3) is 24.3. The van der Waals surface area contributed by atoms with Crippen molar-refractivity contribution in [2.45, 2.75) is 252 Å². The Hall–Kier alpha value is -9.90. The maximum atomic E-state index is 11.7. The Morgan fingerprint density at radius 3 is 1.24 bits per heavy atom. The zero-order valence-corrected chi connectivity index (χ0v) is 71.7. The maximum absolute atomic E-state index is 11.7. The lowest BCUT2D eigenvalue weighted by molar-refractivity contribution is 0.0539. The fourth-order valence-electron chi connectivity index (χ4n) is 11.3. The Morgan fingerprint density at radius 1 is 0.417 bits per heavy atom. The van der Waals surface area contributed by atoms with Gasteiger partial charge in [0.2, 0.25) is 0 Å². The van der Waals surface area contributed by atoms with Crippen LogP contribution in [-0.4, -0.2) is 103 Å². The zero-order chi connectivity index (χ0) is 82.2. The number of halogens is 2. The maximum Gasteiger partial charge on any atom is 0.359 e. The number of rotatable bonds is 4. The van der Waals surface area contributed by atoms with Crippen molar-refractivity contribution >= 4 is 46.2 Å². The molecular weight excluding hydrogens is 1400 g/mol. The molecule has 108 heavy (non-hydrogen) atoms. The van der Waals surface area contributed by atoms with Crippen LogP contribution in [0.15, 0.2) is 135 Å². The average Bonchev–Trinajstić information content (AvgIpc) is 1.62. The Balaban J connectivity index is 0.000000264. The summed E-state index contributed by atoms with van der Waals surface area (Å²) >= 11 is 11.5. The van der Waals surface area contributed by atoms with Crippen LogP contribution in [0, 0.1) is 64.2 Å². The number of benzene rings is 3. The van der Waals surface area contributed by atoms with Gasteiger partial charge >= 0.3 is 11.9 Å². The molecule has 0 radical (unpaired) electrons. The lowest BCUT2D eigenvalue weighted by Gasteiger charge is -2.24. The summed E-state index contributed by atoms with van der Waals surface area (Å²) in [6.45, 7) is 62.9. The second kappa shape index (κ2) is 36.8. The Kier molecular flexibility index (Phi) is 30.8. The van der Waals surface area contributed by atoms with Crippen molar-refractivity contribution < 1.29 is 19.1 Å². The standard InChI is InChI=1S/C19H20N2.C11H16N2O4.C11H14N2.C10H18N2.C9H10N4.C9H16N2.C8H14N2.C7H10Cl2N2/c1-19(2,3)21-14-20-17(15-10-6-4-7-11-15)18(21)16-12-8-5-9-13-16;1-11(2,3)13-6-12-7(9(14)16-4)8(13)10(15)17-5;1-11(2,3)13-8-12-9-6-4-5-7-10(9)13;1-7-8(2)12(9(3)11-7)10(4,5)6;1-9(2,3)13-6-12-7(4-10)8(13)5-11;1-7-8(2)11(6-10-7)9(3,4)5;1-7-9-5-6-10(7)8(2,3)4;1-7(2,3)11-4-10-5(8)6(11)9/h4-14H,1-3H3;6H,1-5H3;4-8H,1-3H3;1-6H3;6H,1-3H3;6H,1-5H3;5-6H,1-4H3;4H,1-3H3. The van der Waals surface area contributed by atoms with Crippen molar-refractivity contribution in [1.29, 1.82) is 10.5 Å². The molecule has 0 atom stereocenters. The van der Waals surface area contributed by atoms with Crippen molar-refractivity contribution in [2.24, 2.45) is 0 Å². The minimum Gasteiger partial charge on any atom is -0.464 e. The molecule has 8 heterocycles. The third-order valence-electron chi connectivity index (χ3n) is 16.8. The summed E-state index contributed by atoms with van der Waals surface area (Å²) in [7, 11) is 2.49. The van der Waals surface area contributed by atoms with Crippen molar-refractivity contribution in [3.8, 4) is 34.7 Å². The van der Waals surface area contributed by atoms with Crippen LogP contribution in [0.25, 0.3) is 33.5 Å². The van der Waals surface area contributed by atoms with Crippen molar-refractivity contribution in [3.63, 3.8) is 0 Å². The highest BCUT2D eigenvalue weighted by atomic mass is 35.5. The molecule has 3 aromatic carbocycles. The molecule has 11 rings (SSSR count). The number of ether oxygens (including phenoxy) is 2. The van der Waals surface area contributed by atoms with Crippen molar-refractivity contribution in [1.82, 2.24) is 76.4 Å². The summed E-state index contributed by atoms with van der Waals surface area (Å²) < 4.78 is 25.4. The first-order valence-corrected chi connectivity index (χ1v) is 36.6. The van der Waals surface area contributed by atoms with E-state index in [0.717, 1.165) is 39.8 Å². The quantitative estimate of drug-likeness (QED) is 0.149. The van der Waals surface area contributed by atoms with E-state index >= 15 is 0 Å². The molecule has 0 N–H and O–H groups in total. The molecule has 0 unspecified atom stereocenters. The van der Waals surface area contributed by atoms with Gasteiger partial charge in [0.05, 0.1) is 86.0 Å². The topological polar surface area (TPSA) is 243 Å². The molecule has 0 fully saturated rings. The molecule has 0 aliphatic rings. The highest BCUT2D eigenvalue weighted by molar-refractivity contribution is 6.40. The van der Waals surface area contributed by atoms with Crippen LogP contribution in [0.4, 0.5) is 0 Å². The van der Waals surface area contributed by atoms with E-state index in [1.54, 1.807) is 15.5 Å². The van der Waals surface area contributed by atoms with E-state index in [9.17, 15) is 9.59 Å². The van der Waals surface area contributed by atoms with Crippen molar-refractivity contribution in [2.75, 3.05) is 14.2 Å². The second-order valence-corrected chi connectivity index (χ2v) is 34.6. The van der Waals surface area contributed by atoms with E-state index in [1.807, 2.05) is 155 Å². The number of hydrogen-bond donors (Lipinski definition) is 0. The minimum absolute atomic E-state index is 0.00873. The van der Waals surface area contributed by atoms with Gasteiger partial charge in [0.15, 0.2) is 27.9 Å². The molecule has 0 aliphatic carbocycles. The molecule has 0 spiro atoms.